The van der Waals surface area contributed by atoms with E-state index in [-0.39, 0.29) is 23.7 Å². The molecule has 0 saturated heterocycles. The zero-order valence-corrected chi connectivity index (χ0v) is 16.0. The van der Waals surface area contributed by atoms with Gasteiger partial charge in [0.25, 0.3) is 5.91 Å². The lowest BCUT2D eigenvalue weighted by molar-refractivity contribution is -0.118. The maximum absolute atomic E-state index is 12.6. The molecule has 1 heterocycles. The van der Waals surface area contributed by atoms with Crippen molar-refractivity contribution >= 4 is 28.3 Å². The van der Waals surface area contributed by atoms with Crippen LogP contribution in [0.25, 0.3) is 0 Å². The Labute approximate surface area is 152 Å². The molecular formula is C18H24N4O2S. The lowest BCUT2D eigenvalue weighted by Gasteiger charge is -2.21. The second-order valence-corrected chi connectivity index (χ2v) is 7.66. The van der Waals surface area contributed by atoms with Gasteiger partial charge in [-0.15, -0.1) is 10.2 Å². The number of amides is 2. The quantitative estimate of drug-likeness (QED) is 0.827. The van der Waals surface area contributed by atoms with Gasteiger partial charge in [0.05, 0.1) is 0 Å². The lowest BCUT2D eigenvalue weighted by atomic mass is 10.0. The molecule has 0 spiro atoms. The first-order valence-corrected chi connectivity index (χ1v) is 9.11. The number of benzene rings is 1. The maximum atomic E-state index is 12.6. The minimum absolute atomic E-state index is 0.0637. The van der Waals surface area contributed by atoms with Crippen LogP contribution in [-0.4, -0.2) is 28.1 Å². The molecule has 2 amide bonds. The van der Waals surface area contributed by atoms with Crippen molar-refractivity contribution in [3.05, 3.63) is 40.4 Å². The number of hydrogen-bond acceptors (Lipinski definition) is 5. The van der Waals surface area contributed by atoms with E-state index in [0.717, 1.165) is 10.6 Å². The van der Waals surface area contributed by atoms with Crippen LogP contribution >= 0.6 is 11.3 Å². The number of nitrogens with zero attached hydrogens (tertiary/aromatic N) is 2. The highest BCUT2D eigenvalue weighted by atomic mass is 32.1. The van der Waals surface area contributed by atoms with Gasteiger partial charge in [0, 0.05) is 11.5 Å². The van der Waals surface area contributed by atoms with Crippen molar-refractivity contribution in [2.24, 2.45) is 5.92 Å². The van der Waals surface area contributed by atoms with Gasteiger partial charge in [-0.05, 0) is 25.0 Å². The fraction of sp³-hybridized carbons (Fsp3) is 0.444. The topological polar surface area (TPSA) is 84.0 Å². The van der Waals surface area contributed by atoms with E-state index >= 15 is 0 Å². The van der Waals surface area contributed by atoms with Crippen LogP contribution in [0.3, 0.4) is 0 Å². The molecular weight excluding hydrogens is 336 g/mol. The Balaban J connectivity index is 2.08. The molecule has 0 aliphatic rings. The fourth-order valence-electron chi connectivity index (χ4n) is 2.25. The van der Waals surface area contributed by atoms with Crippen molar-refractivity contribution in [2.45, 2.75) is 46.6 Å². The van der Waals surface area contributed by atoms with Crippen LogP contribution in [0.15, 0.2) is 24.3 Å². The second kappa shape index (κ2) is 8.20. The second-order valence-electron chi connectivity index (χ2n) is 6.65. The van der Waals surface area contributed by atoms with Crippen molar-refractivity contribution in [3.8, 4) is 0 Å². The zero-order valence-electron chi connectivity index (χ0n) is 15.2. The van der Waals surface area contributed by atoms with Crippen LogP contribution in [0.1, 0.15) is 54.5 Å². The minimum Gasteiger partial charge on any atom is -0.340 e. The van der Waals surface area contributed by atoms with Crippen molar-refractivity contribution in [1.29, 1.82) is 0 Å². The predicted octanol–water partition coefficient (Wildman–Crippen LogP) is 3.36. The highest BCUT2D eigenvalue weighted by Gasteiger charge is 2.25. The Bertz CT molecular complexity index is 755. The highest BCUT2D eigenvalue weighted by Crippen LogP contribution is 2.22. The number of carbonyl (C=O) groups excluding carboxylic acids is 2. The summed E-state index contributed by atoms with van der Waals surface area (Å²) in [6.07, 6.45) is 0. The SMILES string of the molecule is Cc1cccc(C(=O)NC(C(=O)Nc2nnc(C(C)C)s2)C(C)C)c1. The van der Waals surface area contributed by atoms with Gasteiger partial charge in [-0.3, -0.25) is 14.9 Å². The minimum atomic E-state index is -0.653. The summed E-state index contributed by atoms with van der Waals surface area (Å²) in [5.74, 6) is -0.364. The van der Waals surface area contributed by atoms with Crippen molar-refractivity contribution < 1.29 is 9.59 Å². The maximum Gasteiger partial charge on any atom is 0.251 e. The van der Waals surface area contributed by atoms with Crippen molar-refractivity contribution in [1.82, 2.24) is 15.5 Å². The number of nitrogens with one attached hydrogen (secondary N) is 2. The summed E-state index contributed by atoms with van der Waals surface area (Å²) in [6, 6.07) is 6.62. The van der Waals surface area contributed by atoms with Crippen LogP contribution in [-0.2, 0) is 4.79 Å². The number of carbonyl (C=O) groups is 2. The van der Waals surface area contributed by atoms with E-state index in [2.05, 4.69) is 20.8 Å². The summed E-state index contributed by atoms with van der Waals surface area (Å²) in [4.78, 5) is 25.0. The van der Waals surface area contributed by atoms with Gasteiger partial charge in [-0.1, -0.05) is 56.7 Å². The summed E-state index contributed by atoms with van der Waals surface area (Å²) in [5, 5.41) is 14.9. The van der Waals surface area contributed by atoms with Gasteiger partial charge >= 0.3 is 0 Å². The first-order chi connectivity index (χ1) is 11.8. The van der Waals surface area contributed by atoms with E-state index in [1.54, 1.807) is 12.1 Å². The van der Waals surface area contributed by atoms with Gasteiger partial charge in [0.1, 0.15) is 11.0 Å². The smallest absolute Gasteiger partial charge is 0.251 e. The largest absolute Gasteiger partial charge is 0.340 e. The molecule has 0 radical (unpaired) electrons. The average Bonchev–Trinajstić information content (AvgIpc) is 3.00. The number of aryl methyl sites for hydroxylation is 1. The first-order valence-electron chi connectivity index (χ1n) is 8.29. The Kier molecular flexibility index (Phi) is 6.25. The van der Waals surface area contributed by atoms with Crippen LogP contribution in [0.5, 0.6) is 0 Å². The third kappa shape index (κ3) is 5.09. The van der Waals surface area contributed by atoms with E-state index in [4.69, 9.17) is 0 Å². The van der Waals surface area contributed by atoms with Crippen LogP contribution in [0.2, 0.25) is 0 Å². The van der Waals surface area contributed by atoms with Crippen molar-refractivity contribution in [2.75, 3.05) is 5.32 Å². The van der Waals surface area contributed by atoms with Crippen LogP contribution < -0.4 is 10.6 Å². The predicted molar refractivity (Wildman–Crippen MR) is 99.9 cm³/mol. The van der Waals surface area contributed by atoms with Gasteiger partial charge in [0.15, 0.2) is 0 Å². The molecule has 0 fully saturated rings. The summed E-state index contributed by atoms with van der Waals surface area (Å²) in [7, 11) is 0. The molecule has 1 unspecified atom stereocenters. The Morgan fingerprint density at radius 2 is 1.84 bits per heavy atom. The number of aromatic nitrogens is 2. The van der Waals surface area contributed by atoms with Crippen LogP contribution in [0, 0.1) is 12.8 Å². The van der Waals surface area contributed by atoms with E-state index in [9.17, 15) is 9.59 Å². The van der Waals surface area contributed by atoms with Gasteiger partial charge in [0.2, 0.25) is 11.0 Å². The molecule has 2 rings (SSSR count). The average molecular weight is 360 g/mol. The summed E-state index contributed by atoms with van der Waals surface area (Å²) < 4.78 is 0. The third-order valence-electron chi connectivity index (χ3n) is 3.68. The Morgan fingerprint density at radius 3 is 2.40 bits per heavy atom. The molecule has 0 aliphatic carbocycles. The normalized spacial score (nSPS) is 12.3. The summed E-state index contributed by atoms with van der Waals surface area (Å²) in [5.41, 5.74) is 1.53. The number of hydrogen-bond donors (Lipinski definition) is 2. The molecule has 7 heteroatoms. The van der Waals surface area contributed by atoms with Crippen LogP contribution in [0.4, 0.5) is 5.13 Å². The summed E-state index contributed by atoms with van der Waals surface area (Å²) >= 11 is 1.35. The Morgan fingerprint density at radius 1 is 1.12 bits per heavy atom. The first kappa shape index (κ1) is 19.1. The van der Waals surface area contributed by atoms with E-state index in [1.165, 1.54) is 11.3 Å². The molecule has 0 bridgehead atoms. The molecule has 6 nitrogen and oxygen atoms in total. The molecule has 0 aliphatic heterocycles. The molecule has 1 aromatic heterocycles. The highest BCUT2D eigenvalue weighted by molar-refractivity contribution is 7.15. The molecule has 2 aromatic rings. The monoisotopic (exact) mass is 360 g/mol. The lowest BCUT2D eigenvalue weighted by Crippen LogP contribution is -2.47. The standard InChI is InChI=1S/C18H24N4O2S/c1-10(2)14(19-15(23)13-8-6-7-12(5)9-13)16(24)20-18-22-21-17(25-18)11(3)4/h6-11,14H,1-5H3,(H,19,23)(H,20,22,24). The molecule has 1 atom stereocenters. The van der Waals surface area contributed by atoms with Gasteiger partial charge < -0.3 is 5.32 Å². The third-order valence-corrected chi connectivity index (χ3v) is 4.82. The van der Waals surface area contributed by atoms with Gasteiger partial charge in [-0.25, -0.2) is 0 Å². The Hall–Kier alpha value is -2.28. The van der Waals surface area contributed by atoms with E-state index < -0.39 is 6.04 Å². The fourth-order valence-corrected chi connectivity index (χ4v) is 3.00. The summed E-state index contributed by atoms with van der Waals surface area (Å²) in [6.45, 7) is 9.74. The molecule has 25 heavy (non-hydrogen) atoms. The molecule has 1 aromatic carbocycles. The van der Waals surface area contributed by atoms with Crippen molar-refractivity contribution in [3.63, 3.8) is 0 Å². The zero-order chi connectivity index (χ0) is 18.6. The molecule has 134 valence electrons. The number of rotatable bonds is 6. The van der Waals surface area contributed by atoms with E-state index in [1.807, 2.05) is 46.8 Å². The molecule has 0 saturated carbocycles. The number of anilines is 1. The van der Waals surface area contributed by atoms with E-state index in [0.29, 0.717) is 10.7 Å². The van der Waals surface area contributed by atoms with Gasteiger partial charge in [-0.2, -0.15) is 0 Å². The molecule has 2 N–H and O–H groups in total.